The molecule has 0 saturated heterocycles. The summed E-state index contributed by atoms with van der Waals surface area (Å²) in [4.78, 5) is 6.81. The van der Waals surface area contributed by atoms with Crippen molar-refractivity contribution in [3.8, 4) is 0 Å². The minimum absolute atomic E-state index is 0.514. The number of rotatable bonds is 3. The van der Waals surface area contributed by atoms with Gasteiger partial charge in [-0.05, 0) is 43.4 Å². The van der Waals surface area contributed by atoms with Crippen LogP contribution in [0.5, 0.6) is 0 Å². The van der Waals surface area contributed by atoms with E-state index in [2.05, 4.69) is 21.1 Å². The van der Waals surface area contributed by atoms with Crippen molar-refractivity contribution in [3.05, 3.63) is 35.5 Å². The van der Waals surface area contributed by atoms with Gasteiger partial charge in [-0.15, -0.1) is 0 Å². The lowest BCUT2D eigenvalue weighted by atomic mass is 10.00. The normalized spacial score (nSPS) is 18.1. The summed E-state index contributed by atoms with van der Waals surface area (Å²) in [5, 5.41) is 4.11. The molecule has 2 aromatic rings. The molecule has 1 aliphatic carbocycles. The van der Waals surface area contributed by atoms with E-state index in [1.54, 1.807) is 0 Å². The lowest BCUT2D eigenvalue weighted by molar-refractivity contribution is 0.373. The molecule has 0 radical (unpaired) electrons. The number of aromatic nitrogens is 2. The zero-order chi connectivity index (χ0) is 13.5. The van der Waals surface area contributed by atoms with Gasteiger partial charge in [0.1, 0.15) is 0 Å². The molecule has 1 aromatic carbocycles. The maximum absolute atomic E-state index is 6.07. The minimum atomic E-state index is 0.514. The van der Waals surface area contributed by atoms with Gasteiger partial charge in [0, 0.05) is 23.8 Å². The third-order valence-corrected chi connectivity index (χ3v) is 4.13. The van der Waals surface area contributed by atoms with Crippen LogP contribution in [0.25, 0.3) is 0 Å². The second kappa shape index (κ2) is 4.51. The summed E-state index contributed by atoms with van der Waals surface area (Å²) < 4.78 is 5.33. The Bertz CT molecular complexity index is 633. The molecule has 2 heterocycles. The van der Waals surface area contributed by atoms with Gasteiger partial charge in [0.2, 0.25) is 5.89 Å². The Morgan fingerprint density at radius 2 is 2.25 bits per heavy atom. The zero-order valence-electron chi connectivity index (χ0n) is 11.4. The number of hydrogen-bond donors (Lipinski definition) is 1. The van der Waals surface area contributed by atoms with Gasteiger partial charge in [-0.1, -0.05) is 11.2 Å². The molecule has 0 atom stereocenters. The van der Waals surface area contributed by atoms with E-state index in [0.717, 1.165) is 36.8 Å². The van der Waals surface area contributed by atoms with Crippen LogP contribution in [0.1, 0.15) is 42.5 Å². The van der Waals surface area contributed by atoms with E-state index in [1.165, 1.54) is 24.1 Å². The van der Waals surface area contributed by atoms with Crippen molar-refractivity contribution >= 4 is 11.4 Å². The molecule has 20 heavy (non-hydrogen) atoms. The molecule has 0 spiro atoms. The summed E-state index contributed by atoms with van der Waals surface area (Å²) in [5.41, 5.74) is 9.43. The highest BCUT2D eigenvalue weighted by Gasteiger charge is 2.30. The maximum atomic E-state index is 6.07. The van der Waals surface area contributed by atoms with Gasteiger partial charge in [0.05, 0.1) is 6.54 Å². The Balaban J connectivity index is 1.58. The zero-order valence-corrected chi connectivity index (χ0v) is 11.4. The van der Waals surface area contributed by atoms with E-state index in [0.29, 0.717) is 12.5 Å². The van der Waals surface area contributed by atoms with Crippen molar-refractivity contribution in [1.82, 2.24) is 10.1 Å². The standard InChI is InChI=1S/C15H18N4O/c16-12-4-1-5-13-11(12)3-2-8-19(13)9-14-17-15(20-18-14)10-6-7-10/h1,4-5,10H,2-3,6-9,16H2. The summed E-state index contributed by atoms with van der Waals surface area (Å²) in [6, 6.07) is 6.12. The second-order valence-corrected chi connectivity index (χ2v) is 5.69. The van der Waals surface area contributed by atoms with Crippen LogP contribution in [0.15, 0.2) is 22.7 Å². The van der Waals surface area contributed by atoms with Gasteiger partial charge >= 0.3 is 0 Å². The maximum Gasteiger partial charge on any atom is 0.229 e. The van der Waals surface area contributed by atoms with Crippen LogP contribution < -0.4 is 10.6 Å². The van der Waals surface area contributed by atoms with Crippen LogP contribution in [-0.2, 0) is 13.0 Å². The topological polar surface area (TPSA) is 68.2 Å². The molecular formula is C15H18N4O. The Morgan fingerprint density at radius 3 is 3.10 bits per heavy atom. The molecule has 1 aliphatic heterocycles. The third kappa shape index (κ3) is 2.03. The molecular weight excluding hydrogens is 252 g/mol. The Hall–Kier alpha value is -2.04. The van der Waals surface area contributed by atoms with Gasteiger partial charge in [-0.3, -0.25) is 0 Å². The third-order valence-electron chi connectivity index (χ3n) is 4.13. The lowest BCUT2D eigenvalue weighted by Crippen LogP contribution is -2.29. The first-order valence-electron chi connectivity index (χ1n) is 7.26. The molecule has 4 rings (SSSR count). The Morgan fingerprint density at radius 1 is 1.35 bits per heavy atom. The highest BCUT2D eigenvalue weighted by atomic mass is 16.5. The van der Waals surface area contributed by atoms with Crippen molar-refractivity contribution in [2.75, 3.05) is 17.2 Å². The molecule has 104 valence electrons. The quantitative estimate of drug-likeness (QED) is 0.868. The van der Waals surface area contributed by atoms with E-state index in [-0.39, 0.29) is 0 Å². The fourth-order valence-corrected chi connectivity index (χ4v) is 2.89. The summed E-state index contributed by atoms with van der Waals surface area (Å²) in [5.74, 6) is 2.10. The van der Waals surface area contributed by atoms with Crippen LogP contribution in [-0.4, -0.2) is 16.7 Å². The number of nitrogen functional groups attached to an aromatic ring is 1. The van der Waals surface area contributed by atoms with Crippen molar-refractivity contribution in [1.29, 1.82) is 0 Å². The molecule has 2 aliphatic rings. The lowest BCUT2D eigenvalue weighted by Gasteiger charge is -2.30. The predicted octanol–water partition coefficient (Wildman–Crippen LogP) is 2.48. The minimum Gasteiger partial charge on any atom is -0.398 e. The average Bonchev–Trinajstić information content (AvgIpc) is 3.21. The number of fused-ring (bicyclic) bond motifs is 1. The number of benzene rings is 1. The molecule has 2 N–H and O–H groups in total. The van der Waals surface area contributed by atoms with Crippen molar-refractivity contribution < 1.29 is 4.52 Å². The monoisotopic (exact) mass is 270 g/mol. The second-order valence-electron chi connectivity index (χ2n) is 5.69. The van der Waals surface area contributed by atoms with Crippen LogP contribution in [0, 0.1) is 0 Å². The van der Waals surface area contributed by atoms with Gasteiger partial charge in [-0.2, -0.15) is 4.98 Å². The molecule has 1 fully saturated rings. The number of nitrogens with zero attached hydrogens (tertiary/aromatic N) is 3. The predicted molar refractivity (Wildman–Crippen MR) is 76.5 cm³/mol. The van der Waals surface area contributed by atoms with Crippen LogP contribution in [0.4, 0.5) is 11.4 Å². The molecule has 0 bridgehead atoms. The molecule has 0 unspecified atom stereocenters. The van der Waals surface area contributed by atoms with E-state index >= 15 is 0 Å². The van der Waals surface area contributed by atoms with Gasteiger partial charge in [0.25, 0.3) is 0 Å². The largest absolute Gasteiger partial charge is 0.398 e. The first-order chi connectivity index (χ1) is 9.81. The molecule has 5 heteroatoms. The summed E-state index contributed by atoms with van der Waals surface area (Å²) in [6.07, 6.45) is 4.54. The van der Waals surface area contributed by atoms with Crippen LogP contribution in [0.2, 0.25) is 0 Å². The first kappa shape index (κ1) is 11.8. The van der Waals surface area contributed by atoms with Crippen molar-refractivity contribution in [3.63, 3.8) is 0 Å². The molecule has 1 aromatic heterocycles. The number of anilines is 2. The summed E-state index contributed by atoms with van der Waals surface area (Å²) in [7, 11) is 0. The Kier molecular flexibility index (Phi) is 2.65. The smallest absolute Gasteiger partial charge is 0.229 e. The molecule has 1 saturated carbocycles. The highest BCUT2D eigenvalue weighted by Crippen LogP contribution is 2.39. The van der Waals surface area contributed by atoms with Crippen molar-refractivity contribution in [2.45, 2.75) is 38.1 Å². The molecule has 5 nitrogen and oxygen atoms in total. The summed E-state index contributed by atoms with van der Waals surface area (Å²) in [6.45, 7) is 1.72. The van der Waals surface area contributed by atoms with Gasteiger partial charge in [0.15, 0.2) is 5.82 Å². The highest BCUT2D eigenvalue weighted by molar-refractivity contribution is 5.66. The average molecular weight is 270 g/mol. The van der Waals surface area contributed by atoms with E-state index < -0.39 is 0 Å². The SMILES string of the molecule is Nc1cccc2c1CCCN2Cc1noc(C2CC2)n1. The number of hydrogen-bond acceptors (Lipinski definition) is 5. The van der Waals surface area contributed by atoms with E-state index in [9.17, 15) is 0 Å². The van der Waals surface area contributed by atoms with Gasteiger partial charge in [-0.25, -0.2) is 0 Å². The van der Waals surface area contributed by atoms with E-state index in [1.807, 2.05) is 12.1 Å². The van der Waals surface area contributed by atoms with Crippen LogP contribution in [0.3, 0.4) is 0 Å². The molecule has 0 amide bonds. The fraction of sp³-hybridized carbons (Fsp3) is 0.467. The number of nitrogens with two attached hydrogens (primary N) is 1. The first-order valence-corrected chi connectivity index (χ1v) is 7.26. The Labute approximate surface area is 117 Å². The van der Waals surface area contributed by atoms with Gasteiger partial charge < -0.3 is 15.2 Å². The van der Waals surface area contributed by atoms with Crippen molar-refractivity contribution in [2.24, 2.45) is 0 Å². The summed E-state index contributed by atoms with van der Waals surface area (Å²) >= 11 is 0. The van der Waals surface area contributed by atoms with Crippen LogP contribution >= 0.6 is 0 Å². The fourth-order valence-electron chi connectivity index (χ4n) is 2.89. The van der Waals surface area contributed by atoms with E-state index in [4.69, 9.17) is 10.3 Å².